The van der Waals surface area contributed by atoms with Crippen LogP contribution < -0.4 is 19.8 Å². The molecule has 2 aromatic carbocycles. The highest BCUT2D eigenvalue weighted by molar-refractivity contribution is 5.74. The minimum absolute atomic E-state index is 0.0710. The van der Waals surface area contributed by atoms with Crippen LogP contribution >= 0.6 is 0 Å². The molecule has 8 heteroatoms. The van der Waals surface area contributed by atoms with Gasteiger partial charge in [-0.05, 0) is 22.3 Å². The number of nitrogens with zero attached hydrogens (tertiary/aromatic N) is 2. The average Bonchev–Trinajstić information content (AvgIpc) is 3.00. The van der Waals surface area contributed by atoms with Gasteiger partial charge < -0.3 is 20.1 Å². The molecule has 4 rings (SSSR count). The predicted molar refractivity (Wildman–Crippen MR) is 152 cm³/mol. The number of hydrogen-bond donors (Lipinski definition) is 2. The standard InChI is InChI=1S/C32H34N4O4/c37-31(25-35-17-11-29(12-18-35)27-7-3-1-4-8-27)33-15-21-39-23-24-40-22-16-34-32(38)26-36-19-13-30(14-20-36)28-9-5-2-6-10-28/h1-14,17-20H,15-16,21-26H2/p+2. The molecule has 0 aliphatic heterocycles. The van der Waals surface area contributed by atoms with Gasteiger partial charge in [-0.2, -0.15) is 9.13 Å². The topological polar surface area (TPSA) is 84.4 Å². The summed E-state index contributed by atoms with van der Waals surface area (Å²) in [6.07, 6.45) is 7.61. The molecule has 0 unspecified atom stereocenters. The lowest BCUT2D eigenvalue weighted by Crippen LogP contribution is -2.43. The summed E-state index contributed by atoms with van der Waals surface area (Å²) >= 11 is 0. The van der Waals surface area contributed by atoms with Crippen molar-refractivity contribution in [1.29, 1.82) is 0 Å². The molecule has 0 fully saturated rings. The van der Waals surface area contributed by atoms with Gasteiger partial charge >= 0.3 is 0 Å². The summed E-state index contributed by atoms with van der Waals surface area (Å²) in [5.74, 6) is -0.142. The zero-order valence-corrected chi connectivity index (χ0v) is 22.6. The summed E-state index contributed by atoms with van der Waals surface area (Å²) in [4.78, 5) is 24.3. The van der Waals surface area contributed by atoms with Crippen LogP contribution in [0.15, 0.2) is 110 Å². The number of nitrogens with one attached hydrogen (secondary N) is 2. The van der Waals surface area contributed by atoms with E-state index in [2.05, 4.69) is 34.9 Å². The largest absolute Gasteiger partial charge is 0.377 e. The smallest absolute Gasteiger partial charge is 0.286 e. The number of hydrogen-bond acceptors (Lipinski definition) is 4. The maximum absolute atomic E-state index is 12.2. The Hall–Kier alpha value is -4.40. The molecule has 4 aromatic rings. The van der Waals surface area contributed by atoms with E-state index < -0.39 is 0 Å². The van der Waals surface area contributed by atoms with Crippen LogP contribution in [-0.4, -0.2) is 51.3 Å². The number of amides is 2. The molecular weight excluding hydrogens is 504 g/mol. The molecule has 2 aromatic heterocycles. The molecule has 0 aliphatic rings. The Morgan fingerprint density at radius 3 is 1.23 bits per heavy atom. The zero-order valence-electron chi connectivity index (χ0n) is 22.6. The Morgan fingerprint density at radius 1 is 0.500 bits per heavy atom. The SMILES string of the molecule is O=C(C[n+]1ccc(-c2ccccc2)cc1)NCCOCCOCCNC(=O)C[n+]1ccc(-c2ccccc2)cc1. The first kappa shape index (κ1) is 28.6. The van der Waals surface area contributed by atoms with Crippen molar-refractivity contribution in [3.8, 4) is 22.3 Å². The molecule has 2 heterocycles. The Labute approximate surface area is 235 Å². The van der Waals surface area contributed by atoms with Crippen LogP contribution in [0.1, 0.15) is 0 Å². The van der Waals surface area contributed by atoms with Crippen LogP contribution in [0, 0.1) is 0 Å². The fraction of sp³-hybridized carbons (Fsp3) is 0.250. The normalized spacial score (nSPS) is 10.7. The molecule has 2 N–H and O–H groups in total. The van der Waals surface area contributed by atoms with Gasteiger partial charge in [0.2, 0.25) is 13.1 Å². The van der Waals surface area contributed by atoms with Gasteiger partial charge in [0.25, 0.3) is 11.8 Å². The minimum Gasteiger partial charge on any atom is -0.377 e. The highest BCUT2D eigenvalue weighted by atomic mass is 16.5. The van der Waals surface area contributed by atoms with E-state index in [9.17, 15) is 9.59 Å². The van der Waals surface area contributed by atoms with Crippen LogP contribution in [-0.2, 0) is 32.2 Å². The Morgan fingerprint density at radius 2 is 0.850 bits per heavy atom. The van der Waals surface area contributed by atoms with Crippen molar-refractivity contribution in [3.05, 3.63) is 110 Å². The van der Waals surface area contributed by atoms with Crippen molar-refractivity contribution in [2.24, 2.45) is 0 Å². The number of carbonyl (C=O) groups is 2. The van der Waals surface area contributed by atoms with Crippen molar-refractivity contribution in [3.63, 3.8) is 0 Å². The summed E-state index contributed by atoms with van der Waals surface area (Å²) < 4.78 is 14.7. The fourth-order valence-corrected chi connectivity index (χ4v) is 4.06. The zero-order chi connectivity index (χ0) is 27.8. The van der Waals surface area contributed by atoms with E-state index in [-0.39, 0.29) is 24.9 Å². The van der Waals surface area contributed by atoms with Gasteiger partial charge in [0.15, 0.2) is 24.8 Å². The number of ether oxygens (including phenoxy) is 2. The molecule has 0 saturated carbocycles. The van der Waals surface area contributed by atoms with Gasteiger partial charge in [-0.3, -0.25) is 9.59 Å². The van der Waals surface area contributed by atoms with Gasteiger partial charge in [0, 0.05) is 37.4 Å². The molecule has 40 heavy (non-hydrogen) atoms. The maximum atomic E-state index is 12.2. The Balaban J connectivity index is 0.987. The molecule has 206 valence electrons. The van der Waals surface area contributed by atoms with E-state index in [0.29, 0.717) is 39.5 Å². The van der Waals surface area contributed by atoms with Gasteiger partial charge in [-0.15, -0.1) is 0 Å². The molecule has 2 amide bonds. The first-order chi connectivity index (χ1) is 19.7. The van der Waals surface area contributed by atoms with Crippen LogP contribution in [0.3, 0.4) is 0 Å². The lowest BCUT2D eigenvalue weighted by molar-refractivity contribution is -0.684. The van der Waals surface area contributed by atoms with Crippen molar-refractivity contribution < 1.29 is 28.2 Å². The van der Waals surface area contributed by atoms with Crippen LogP contribution in [0.25, 0.3) is 22.3 Å². The fourth-order valence-electron chi connectivity index (χ4n) is 4.06. The number of carbonyl (C=O) groups excluding carboxylic acids is 2. The lowest BCUT2D eigenvalue weighted by Gasteiger charge is -2.07. The van der Waals surface area contributed by atoms with E-state index in [1.54, 1.807) is 0 Å². The predicted octanol–water partition coefficient (Wildman–Crippen LogP) is 2.56. The summed E-state index contributed by atoms with van der Waals surface area (Å²) in [5.41, 5.74) is 4.51. The molecule has 8 nitrogen and oxygen atoms in total. The Kier molecular flexibility index (Phi) is 11.4. The van der Waals surface area contributed by atoms with Gasteiger partial charge in [-0.1, -0.05) is 60.7 Å². The highest BCUT2D eigenvalue weighted by Crippen LogP contribution is 2.17. The van der Waals surface area contributed by atoms with Gasteiger partial charge in [0.1, 0.15) is 0 Å². The van der Waals surface area contributed by atoms with E-state index in [0.717, 1.165) is 22.3 Å². The number of pyridine rings is 2. The second-order valence-corrected chi connectivity index (χ2v) is 9.18. The van der Waals surface area contributed by atoms with Crippen molar-refractivity contribution in [2.45, 2.75) is 13.1 Å². The molecule has 0 saturated heterocycles. The van der Waals surface area contributed by atoms with Crippen LogP contribution in [0.2, 0.25) is 0 Å². The van der Waals surface area contributed by atoms with Gasteiger partial charge in [-0.25, -0.2) is 0 Å². The molecule has 0 bridgehead atoms. The molecule has 0 aliphatic carbocycles. The number of aromatic nitrogens is 2. The quantitative estimate of drug-likeness (QED) is 0.179. The summed E-state index contributed by atoms with van der Waals surface area (Å²) in [6, 6.07) is 28.2. The molecule has 0 atom stereocenters. The summed E-state index contributed by atoms with van der Waals surface area (Å²) in [6.45, 7) is 3.02. The first-order valence-electron chi connectivity index (χ1n) is 13.5. The Bertz CT molecular complexity index is 1210. The first-order valence-corrected chi connectivity index (χ1v) is 13.5. The summed E-state index contributed by atoms with van der Waals surface area (Å²) in [7, 11) is 0. The second-order valence-electron chi connectivity index (χ2n) is 9.18. The third-order valence-electron chi connectivity index (χ3n) is 6.16. The van der Waals surface area contributed by atoms with E-state index in [1.165, 1.54) is 0 Å². The summed E-state index contributed by atoms with van der Waals surface area (Å²) in [5, 5.41) is 5.71. The maximum Gasteiger partial charge on any atom is 0.286 e. The van der Waals surface area contributed by atoms with Crippen molar-refractivity contribution in [2.75, 3.05) is 39.5 Å². The highest BCUT2D eigenvalue weighted by Gasteiger charge is 2.10. The van der Waals surface area contributed by atoms with Gasteiger partial charge in [0.05, 0.1) is 26.4 Å². The van der Waals surface area contributed by atoms with Crippen LogP contribution in [0.5, 0.6) is 0 Å². The number of benzene rings is 2. The van der Waals surface area contributed by atoms with E-state index >= 15 is 0 Å². The van der Waals surface area contributed by atoms with E-state index in [4.69, 9.17) is 9.47 Å². The molecule has 0 spiro atoms. The molecular formula is C32H36N4O4+2. The third-order valence-corrected chi connectivity index (χ3v) is 6.16. The molecule has 0 radical (unpaired) electrons. The van der Waals surface area contributed by atoms with E-state index in [1.807, 2.05) is 94.6 Å². The monoisotopic (exact) mass is 540 g/mol. The van der Waals surface area contributed by atoms with Crippen LogP contribution in [0.4, 0.5) is 0 Å². The number of rotatable bonds is 15. The lowest BCUT2D eigenvalue weighted by atomic mass is 10.1. The minimum atomic E-state index is -0.0710. The van der Waals surface area contributed by atoms with Crippen molar-refractivity contribution >= 4 is 11.8 Å². The van der Waals surface area contributed by atoms with Crippen molar-refractivity contribution in [1.82, 2.24) is 10.6 Å². The average molecular weight is 541 g/mol. The third kappa shape index (κ3) is 9.72. The second kappa shape index (κ2) is 15.9.